The molecule has 0 spiro atoms. The topological polar surface area (TPSA) is 81.5 Å². The van der Waals surface area contributed by atoms with Gasteiger partial charge < -0.3 is 10.1 Å². The number of hydrogen-bond acceptors (Lipinski definition) is 4. The number of hydrogen-bond donors (Lipinski definition) is 1. The summed E-state index contributed by atoms with van der Waals surface area (Å²) in [4.78, 5) is 22.2. The maximum atomic E-state index is 13.5. The lowest BCUT2D eigenvalue weighted by atomic mass is 10.2. The molecule has 126 valence electrons. The van der Waals surface area contributed by atoms with Crippen molar-refractivity contribution in [1.82, 2.24) is 0 Å². The monoisotopic (exact) mass is 336 g/mol. The molecule has 0 bridgehead atoms. The van der Waals surface area contributed by atoms with Crippen LogP contribution >= 0.6 is 0 Å². The van der Waals surface area contributed by atoms with Gasteiger partial charge in [-0.2, -0.15) is 0 Å². The standard InChI is InChI=1S/C16H14F2N2O4/c1-9-7-12(4-6-15(9)20(22)23)24-10(2)16(21)19-14-8-11(17)3-5-13(14)18/h3-8,10H,1-2H3,(H,19,21)/t10-/m0/s1. The Morgan fingerprint density at radius 1 is 1.25 bits per heavy atom. The molecule has 0 saturated carbocycles. The van der Waals surface area contributed by atoms with Crippen LogP contribution in [-0.2, 0) is 4.79 Å². The van der Waals surface area contributed by atoms with Crippen molar-refractivity contribution in [3.8, 4) is 5.75 Å². The summed E-state index contributed by atoms with van der Waals surface area (Å²) in [6.07, 6.45) is -1.02. The Hall–Kier alpha value is -3.03. The minimum absolute atomic E-state index is 0.0683. The molecule has 0 heterocycles. The maximum absolute atomic E-state index is 13.5. The molecule has 0 aliphatic rings. The van der Waals surface area contributed by atoms with E-state index < -0.39 is 28.6 Å². The lowest BCUT2D eigenvalue weighted by Crippen LogP contribution is -2.30. The number of amides is 1. The number of anilines is 1. The maximum Gasteiger partial charge on any atom is 0.272 e. The molecule has 0 saturated heterocycles. The molecule has 2 aromatic rings. The minimum atomic E-state index is -1.02. The number of nitrogens with zero attached hydrogens (tertiary/aromatic N) is 1. The van der Waals surface area contributed by atoms with Gasteiger partial charge in [0.2, 0.25) is 0 Å². The van der Waals surface area contributed by atoms with Crippen LogP contribution in [0.5, 0.6) is 5.75 Å². The third kappa shape index (κ3) is 4.03. The SMILES string of the molecule is Cc1cc(O[C@@H](C)C(=O)Nc2cc(F)ccc2F)ccc1[N+](=O)[O-]. The average molecular weight is 336 g/mol. The van der Waals surface area contributed by atoms with E-state index in [1.165, 1.54) is 32.0 Å². The van der Waals surface area contributed by atoms with E-state index in [2.05, 4.69) is 5.32 Å². The van der Waals surface area contributed by atoms with E-state index in [-0.39, 0.29) is 17.1 Å². The van der Waals surface area contributed by atoms with Gasteiger partial charge in [-0.1, -0.05) is 0 Å². The number of aryl methyl sites for hydroxylation is 1. The molecule has 0 fully saturated rings. The van der Waals surface area contributed by atoms with Crippen molar-refractivity contribution in [3.63, 3.8) is 0 Å². The highest BCUT2D eigenvalue weighted by molar-refractivity contribution is 5.94. The second kappa shape index (κ2) is 7.03. The normalized spacial score (nSPS) is 11.7. The number of carbonyl (C=O) groups excluding carboxylic acids is 1. The highest BCUT2D eigenvalue weighted by Gasteiger charge is 2.18. The Balaban J connectivity index is 2.07. The number of nitrogens with one attached hydrogen (secondary N) is 1. The van der Waals surface area contributed by atoms with Crippen LogP contribution in [0.4, 0.5) is 20.2 Å². The number of nitro groups is 1. The van der Waals surface area contributed by atoms with Crippen LogP contribution in [0.1, 0.15) is 12.5 Å². The first kappa shape index (κ1) is 17.3. The third-order valence-corrected chi connectivity index (χ3v) is 3.23. The zero-order valence-electron chi connectivity index (χ0n) is 12.9. The second-order valence-electron chi connectivity index (χ2n) is 5.08. The van der Waals surface area contributed by atoms with Crippen molar-refractivity contribution < 1.29 is 23.2 Å². The van der Waals surface area contributed by atoms with Crippen molar-refractivity contribution in [3.05, 3.63) is 63.7 Å². The first-order chi connectivity index (χ1) is 11.3. The fourth-order valence-corrected chi connectivity index (χ4v) is 1.99. The third-order valence-electron chi connectivity index (χ3n) is 3.23. The molecule has 0 unspecified atom stereocenters. The van der Waals surface area contributed by atoms with Gasteiger partial charge in [0.25, 0.3) is 11.6 Å². The van der Waals surface area contributed by atoms with E-state index in [1.54, 1.807) is 0 Å². The van der Waals surface area contributed by atoms with Crippen molar-refractivity contribution in [2.24, 2.45) is 0 Å². The molecule has 0 aliphatic heterocycles. The van der Waals surface area contributed by atoms with E-state index in [4.69, 9.17) is 4.74 Å². The summed E-state index contributed by atoms with van der Waals surface area (Å²) in [6.45, 7) is 2.96. The number of nitro benzene ring substituents is 1. The van der Waals surface area contributed by atoms with Crippen molar-refractivity contribution in [1.29, 1.82) is 0 Å². The summed E-state index contributed by atoms with van der Waals surface area (Å²) in [7, 11) is 0. The van der Waals surface area contributed by atoms with Gasteiger partial charge in [0.15, 0.2) is 6.10 Å². The molecule has 2 aromatic carbocycles. The average Bonchev–Trinajstić information content (AvgIpc) is 2.50. The van der Waals surface area contributed by atoms with Crippen molar-refractivity contribution in [2.45, 2.75) is 20.0 Å². The molecule has 0 aliphatic carbocycles. The Morgan fingerprint density at radius 2 is 1.96 bits per heavy atom. The predicted octanol–water partition coefficient (Wildman–Crippen LogP) is 3.59. The molecule has 1 N–H and O–H groups in total. The number of carbonyl (C=O) groups is 1. The van der Waals surface area contributed by atoms with Crippen LogP contribution in [0.3, 0.4) is 0 Å². The summed E-state index contributed by atoms with van der Waals surface area (Å²) in [5, 5.41) is 13.0. The van der Waals surface area contributed by atoms with E-state index in [0.29, 0.717) is 5.56 Å². The molecule has 8 heteroatoms. The molecule has 2 rings (SSSR count). The Bertz CT molecular complexity index is 796. The van der Waals surface area contributed by atoms with E-state index in [0.717, 1.165) is 18.2 Å². The van der Waals surface area contributed by atoms with Gasteiger partial charge in [0.05, 0.1) is 10.6 Å². The first-order valence-corrected chi connectivity index (χ1v) is 6.95. The lowest BCUT2D eigenvalue weighted by Gasteiger charge is -2.15. The van der Waals surface area contributed by atoms with Gasteiger partial charge in [-0.25, -0.2) is 8.78 Å². The zero-order valence-corrected chi connectivity index (χ0v) is 12.9. The highest BCUT2D eigenvalue weighted by atomic mass is 19.1. The quantitative estimate of drug-likeness (QED) is 0.668. The van der Waals surface area contributed by atoms with Gasteiger partial charge in [-0.15, -0.1) is 0 Å². The van der Waals surface area contributed by atoms with Gasteiger partial charge in [0, 0.05) is 17.7 Å². The minimum Gasteiger partial charge on any atom is -0.481 e. The molecule has 1 atom stereocenters. The van der Waals surface area contributed by atoms with Crippen molar-refractivity contribution >= 4 is 17.3 Å². The number of rotatable bonds is 5. The fraction of sp³-hybridized carbons (Fsp3) is 0.188. The number of ether oxygens (including phenoxy) is 1. The predicted molar refractivity (Wildman–Crippen MR) is 82.9 cm³/mol. The molecule has 24 heavy (non-hydrogen) atoms. The number of halogens is 2. The largest absolute Gasteiger partial charge is 0.481 e. The van der Waals surface area contributed by atoms with Crippen LogP contribution in [0.2, 0.25) is 0 Å². The number of benzene rings is 2. The smallest absolute Gasteiger partial charge is 0.272 e. The lowest BCUT2D eigenvalue weighted by molar-refractivity contribution is -0.385. The molecular formula is C16H14F2N2O4. The molecule has 1 amide bonds. The second-order valence-corrected chi connectivity index (χ2v) is 5.08. The molecule has 6 nitrogen and oxygen atoms in total. The van der Waals surface area contributed by atoms with Gasteiger partial charge in [0.1, 0.15) is 17.4 Å². The van der Waals surface area contributed by atoms with Gasteiger partial charge in [-0.3, -0.25) is 14.9 Å². The molecular weight excluding hydrogens is 322 g/mol. The van der Waals surface area contributed by atoms with E-state index in [1.807, 2.05) is 0 Å². The summed E-state index contributed by atoms with van der Waals surface area (Å²) < 4.78 is 32.0. The summed E-state index contributed by atoms with van der Waals surface area (Å²) >= 11 is 0. The van der Waals surface area contributed by atoms with Crippen LogP contribution in [-0.4, -0.2) is 16.9 Å². The first-order valence-electron chi connectivity index (χ1n) is 6.95. The Kier molecular flexibility index (Phi) is 5.08. The van der Waals surface area contributed by atoms with Crippen LogP contribution in [0.25, 0.3) is 0 Å². The molecule has 0 aromatic heterocycles. The van der Waals surface area contributed by atoms with Gasteiger partial charge >= 0.3 is 0 Å². The summed E-state index contributed by atoms with van der Waals surface area (Å²) in [5.41, 5.74) is 0.0119. The van der Waals surface area contributed by atoms with E-state index >= 15 is 0 Å². The van der Waals surface area contributed by atoms with E-state index in [9.17, 15) is 23.7 Å². The Morgan fingerprint density at radius 3 is 2.58 bits per heavy atom. The van der Waals surface area contributed by atoms with Gasteiger partial charge in [-0.05, 0) is 38.1 Å². The summed E-state index contributed by atoms with van der Waals surface area (Å²) in [5.74, 6) is -1.90. The zero-order chi connectivity index (χ0) is 17.9. The van der Waals surface area contributed by atoms with Crippen LogP contribution in [0, 0.1) is 28.7 Å². The Labute approximate surface area is 136 Å². The van der Waals surface area contributed by atoms with Crippen LogP contribution in [0.15, 0.2) is 36.4 Å². The highest BCUT2D eigenvalue weighted by Crippen LogP contribution is 2.24. The molecule has 0 radical (unpaired) electrons. The van der Waals surface area contributed by atoms with Crippen molar-refractivity contribution in [2.75, 3.05) is 5.32 Å². The fourth-order valence-electron chi connectivity index (χ4n) is 1.99. The summed E-state index contributed by atoms with van der Waals surface area (Å²) in [6, 6.07) is 6.74. The van der Waals surface area contributed by atoms with Crippen LogP contribution < -0.4 is 10.1 Å².